The van der Waals surface area contributed by atoms with Crippen molar-refractivity contribution >= 4 is 28.2 Å². The lowest BCUT2D eigenvalue weighted by atomic mass is 10.1. The van der Waals surface area contributed by atoms with Gasteiger partial charge in [0.15, 0.2) is 0 Å². The van der Waals surface area contributed by atoms with Crippen LogP contribution >= 0.6 is 11.6 Å². The highest BCUT2D eigenvalue weighted by molar-refractivity contribution is 6.30. The van der Waals surface area contributed by atoms with Gasteiger partial charge in [0, 0.05) is 33.8 Å². The van der Waals surface area contributed by atoms with E-state index in [-0.39, 0.29) is 11.5 Å². The molecule has 0 radical (unpaired) electrons. The van der Waals surface area contributed by atoms with Gasteiger partial charge in [-0.2, -0.15) is 0 Å². The molecule has 1 heterocycles. The van der Waals surface area contributed by atoms with Crippen LogP contribution in [-0.2, 0) is 6.54 Å². The van der Waals surface area contributed by atoms with Crippen molar-refractivity contribution < 1.29 is 9.31 Å². The third-order valence-electron chi connectivity index (χ3n) is 3.32. The van der Waals surface area contributed by atoms with E-state index in [2.05, 4.69) is 0 Å². The molecule has 0 aliphatic rings. The second-order valence-electron chi connectivity index (χ2n) is 4.68. The number of rotatable bonds is 3. The molecule has 0 fully saturated rings. The number of nitro groups is 1. The van der Waals surface area contributed by atoms with Gasteiger partial charge in [-0.25, -0.2) is 4.39 Å². The van der Waals surface area contributed by atoms with Crippen LogP contribution in [0.15, 0.2) is 48.7 Å². The lowest BCUT2D eigenvalue weighted by Crippen LogP contribution is -2.02. The molecule has 4 nitrogen and oxygen atoms in total. The standard InChI is InChI=1S/C15H10ClFN2O2/c16-12-2-1-11(15(8-12)19(20)21)9-18-6-5-10-7-13(17)3-4-14(10)18/h1-8H,9H2. The fourth-order valence-corrected chi connectivity index (χ4v) is 2.50. The molecule has 0 bridgehead atoms. The molecular weight excluding hydrogens is 295 g/mol. The topological polar surface area (TPSA) is 48.1 Å². The number of aromatic nitrogens is 1. The Morgan fingerprint density at radius 1 is 1.19 bits per heavy atom. The maximum Gasteiger partial charge on any atom is 0.275 e. The third kappa shape index (κ3) is 2.60. The molecule has 0 amide bonds. The zero-order valence-corrected chi connectivity index (χ0v) is 11.5. The first-order valence-electron chi connectivity index (χ1n) is 6.22. The Balaban J connectivity index is 2.05. The molecule has 106 valence electrons. The molecule has 0 N–H and O–H groups in total. The van der Waals surface area contributed by atoms with Crippen molar-refractivity contribution in [3.05, 3.63) is 75.2 Å². The Labute approximate surface area is 124 Å². The average molecular weight is 305 g/mol. The van der Waals surface area contributed by atoms with Crippen LogP contribution in [0.3, 0.4) is 0 Å². The van der Waals surface area contributed by atoms with Gasteiger partial charge >= 0.3 is 0 Å². The van der Waals surface area contributed by atoms with Crippen molar-refractivity contribution in [3.63, 3.8) is 0 Å². The van der Waals surface area contributed by atoms with Gasteiger partial charge in [-0.3, -0.25) is 10.1 Å². The summed E-state index contributed by atoms with van der Waals surface area (Å²) in [7, 11) is 0. The number of nitrogens with zero attached hydrogens (tertiary/aromatic N) is 2. The maximum atomic E-state index is 13.2. The fourth-order valence-electron chi connectivity index (χ4n) is 2.33. The predicted molar refractivity (Wildman–Crippen MR) is 79.1 cm³/mol. The van der Waals surface area contributed by atoms with Crippen molar-refractivity contribution in [1.29, 1.82) is 0 Å². The van der Waals surface area contributed by atoms with Crippen LogP contribution < -0.4 is 0 Å². The summed E-state index contributed by atoms with van der Waals surface area (Å²) >= 11 is 5.80. The molecule has 3 rings (SSSR count). The Kier molecular flexibility index (Phi) is 3.35. The van der Waals surface area contributed by atoms with Gasteiger partial charge in [-0.15, -0.1) is 0 Å². The van der Waals surface area contributed by atoms with E-state index in [0.29, 0.717) is 17.1 Å². The van der Waals surface area contributed by atoms with Crippen LogP contribution in [0.5, 0.6) is 0 Å². The van der Waals surface area contributed by atoms with E-state index in [9.17, 15) is 14.5 Å². The SMILES string of the molecule is O=[N+]([O-])c1cc(Cl)ccc1Cn1ccc2cc(F)ccc21. The number of benzene rings is 2. The zero-order chi connectivity index (χ0) is 15.0. The minimum Gasteiger partial charge on any atom is -0.343 e. The molecule has 2 aromatic carbocycles. The Bertz CT molecular complexity index is 845. The molecule has 6 heteroatoms. The predicted octanol–water partition coefficient (Wildman–Crippen LogP) is 4.39. The first-order valence-corrected chi connectivity index (χ1v) is 6.59. The second kappa shape index (κ2) is 5.18. The summed E-state index contributed by atoms with van der Waals surface area (Å²) in [5, 5.41) is 12.2. The monoisotopic (exact) mass is 304 g/mol. The molecule has 21 heavy (non-hydrogen) atoms. The molecule has 0 aliphatic heterocycles. The van der Waals surface area contributed by atoms with Crippen LogP contribution in [0.4, 0.5) is 10.1 Å². The van der Waals surface area contributed by atoms with Gasteiger partial charge in [0.1, 0.15) is 5.82 Å². The van der Waals surface area contributed by atoms with E-state index in [1.165, 1.54) is 18.2 Å². The van der Waals surface area contributed by atoms with Crippen molar-refractivity contribution in [1.82, 2.24) is 4.57 Å². The molecule has 3 aromatic rings. The highest BCUT2D eigenvalue weighted by Crippen LogP contribution is 2.26. The van der Waals surface area contributed by atoms with Crippen molar-refractivity contribution in [2.24, 2.45) is 0 Å². The molecule has 0 saturated carbocycles. The molecule has 0 unspecified atom stereocenters. The lowest BCUT2D eigenvalue weighted by Gasteiger charge is -2.07. The highest BCUT2D eigenvalue weighted by atomic mass is 35.5. The maximum absolute atomic E-state index is 13.2. The quantitative estimate of drug-likeness (QED) is 0.532. The third-order valence-corrected chi connectivity index (χ3v) is 3.55. The largest absolute Gasteiger partial charge is 0.343 e. The smallest absolute Gasteiger partial charge is 0.275 e. The van der Waals surface area contributed by atoms with Crippen LogP contribution in [-0.4, -0.2) is 9.49 Å². The van der Waals surface area contributed by atoms with E-state index in [0.717, 1.165) is 10.9 Å². The first kappa shape index (κ1) is 13.6. The number of hydrogen-bond donors (Lipinski definition) is 0. The van der Waals surface area contributed by atoms with E-state index >= 15 is 0 Å². The summed E-state index contributed by atoms with van der Waals surface area (Å²) in [4.78, 5) is 10.6. The average Bonchev–Trinajstić information content (AvgIpc) is 2.82. The zero-order valence-electron chi connectivity index (χ0n) is 10.8. The Morgan fingerprint density at radius 2 is 2.00 bits per heavy atom. The molecule has 0 saturated heterocycles. The van der Waals surface area contributed by atoms with Gasteiger partial charge in [-0.05, 0) is 36.4 Å². The van der Waals surface area contributed by atoms with Crippen LogP contribution in [0.1, 0.15) is 5.56 Å². The summed E-state index contributed by atoms with van der Waals surface area (Å²) in [6.07, 6.45) is 1.78. The minimum atomic E-state index is -0.452. The summed E-state index contributed by atoms with van der Waals surface area (Å²) in [6, 6.07) is 10.8. The van der Waals surface area contributed by atoms with E-state index in [1.54, 1.807) is 30.5 Å². The first-order chi connectivity index (χ1) is 10.0. The van der Waals surface area contributed by atoms with Gasteiger partial charge in [0.2, 0.25) is 0 Å². The van der Waals surface area contributed by atoms with E-state index < -0.39 is 4.92 Å². The minimum absolute atomic E-state index is 0.0218. The second-order valence-corrected chi connectivity index (χ2v) is 5.11. The van der Waals surface area contributed by atoms with Gasteiger partial charge in [0.25, 0.3) is 5.69 Å². The molecule has 0 spiro atoms. The summed E-state index contributed by atoms with van der Waals surface area (Å²) < 4.78 is 15.0. The van der Waals surface area contributed by atoms with Gasteiger partial charge in [0.05, 0.1) is 11.5 Å². The van der Waals surface area contributed by atoms with E-state index in [4.69, 9.17) is 11.6 Å². The number of halogens is 2. The number of nitro benzene ring substituents is 1. The van der Waals surface area contributed by atoms with Crippen LogP contribution in [0.25, 0.3) is 10.9 Å². The summed E-state index contributed by atoms with van der Waals surface area (Å²) in [6.45, 7) is 0.322. The fraction of sp³-hybridized carbons (Fsp3) is 0.0667. The normalized spacial score (nSPS) is 11.0. The summed E-state index contributed by atoms with van der Waals surface area (Å²) in [5.41, 5.74) is 1.35. The lowest BCUT2D eigenvalue weighted by molar-refractivity contribution is -0.385. The number of fused-ring (bicyclic) bond motifs is 1. The van der Waals surface area contributed by atoms with Gasteiger partial charge in [-0.1, -0.05) is 11.6 Å². The molecular formula is C15H10ClFN2O2. The van der Waals surface area contributed by atoms with Crippen molar-refractivity contribution in [2.45, 2.75) is 6.54 Å². The highest BCUT2D eigenvalue weighted by Gasteiger charge is 2.15. The Hall–Kier alpha value is -2.40. The summed E-state index contributed by atoms with van der Waals surface area (Å²) in [5.74, 6) is -0.308. The van der Waals surface area contributed by atoms with Crippen molar-refractivity contribution in [2.75, 3.05) is 0 Å². The van der Waals surface area contributed by atoms with Crippen molar-refractivity contribution in [3.8, 4) is 0 Å². The Morgan fingerprint density at radius 3 is 2.76 bits per heavy atom. The molecule has 0 atom stereocenters. The molecule has 0 aliphatic carbocycles. The van der Waals surface area contributed by atoms with Crippen LogP contribution in [0.2, 0.25) is 5.02 Å². The molecule has 1 aromatic heterocycles. The van der Waals surface area contributed by atoms with Crippen LogP contribution in [0, 0.1) is 15.9 Å². The van der Waals surface area contributed by atoms with Gasteiger partial charge < -0.3 is 4.57 Å². The number of hydrogen-bond acceptors (Lipinski definition) is 2. The van der Waals surface area contributed by atoms with E-state index in [1.807, 2.05) is 4.57 Å².